The van der Waals surface area contributed by atoms with E-state index in [-0.39, 0.29) is 35.6 Å². The van der Waals surface area contributed by atoms with E-state index in [9.17, 15) is 18.7 Å². The molecule has 9 nitrogen and oxygen atoms in total. The topological polar surface area (TPSA) is 110 Å². The SMILES string of the molecule is CC(C)[C@@H](C(=O)O)N(C)c1nc(-c2cc(-c3ccon3)n(Cc3ccccc3F)n2)ncc1F. The molecule has 0 spiro atoms. The molecule has 0 bridgehead atoms. The molecule has 11 heteroatoms. The maximum absolute atomic E-state index is 14.6. The number of carbonyl (C=O) groups is 1. The molecule has 0 saturated carbocycles. The molecule has 0 aliphatic heterocycles. The summed E-state index contributed by atoms with van der Waals surface area (Å²) in [6.45, 7) is 3.55. The molecule has 1 atom stereocenters. The lowest BCUT2D eigenvalue weighted by molar-refractivity contribution is -0.139. The molecule has 0 saturated heterocycles. The molecular weight excluding hydrogens is 446 g/mol. The zero-order valence-electron chi connectivity index (χ0n) is 18.7. The lowest BCUT2D eigenvalue weighted by Gasteiger charge is -2.28. The van der Waals surface area contributed by atoms with Crippen molar-refractivity contribution in [2.45, 2.75) is 26.4 Å². The second-order valence-corrected chi connectivity index (χ2v) is 8.05. The fraction of sp³-hybridized carbons (Fsp3) is 0.261. The molecule has 0 radical (unpaired) electrons. The van der Waals surface area contributed by atoms with Gasteiger partial charge in [0.25, 0.3) is 0 Å². The van der Waals surface area contributed by atoms with Gasteiger partial charge in [-0.1, -0.05) is 37.2 Å². The van der Waals surface area contributed by atoms with Crippen LogP contribution in [-0.4, -0.2) is 49.1 Å². The summed E-state index contributed by atoms with van der Waals surface area (Å²) in [7, 11) is 1.46. The maximum atomic E-state index is 14.6. The van der Waals surface area contributed by atoms with Crippen LogP contribution < -0.4 is 4.90 Å². The molecule has 34 heavy (non-hydrogen) atoms. The highest BCUT2D eigenvalue weighted by Gasteiger charge is 2.29. The first-order valence-electron chi connectivity index (χ1n) is 10.5. The van der Waals surface area contributed by atoms with Gasteiger partial charge in [-0.05, 0) is 18.1 Å². The average molecular weight is 468 g/mol. The summed E-state index contributed by atoms with van der Waals surface area (Å²) in [5.74, 6) is -2.65. The lowest BCUT2D eigenvalue weighted by Crippen LogP contribution is -2.43. The van der Waals surface area contributed by atoms with Crippen LogP contribution in [0.1, 0.15) is 19.4 Å². The van der Waals surface area contributed by atoms with E-state index in [1.165, 1.54) is 29.0 Å². The molecule has 1 N–H and O–H groups in total. The standard InChI is InChI=1S/C23H22F2N6O3/c1-13(2)20(23(32)33)30(3)22-16(25)11-26-21(27-22)18-10-19(17-8-9-34-29-17)31(28-18)12-14-6-4-5-7-15(14)24/h4-11,13,20H,12H2,1-3H3,(H,32,33)/t20-/m0/s1. The zero-order chi connectivity index (χ0) is 24.4. The number of benzene rings is 1. The number of rotatable bonds is 8. The summed E-state index contributed by atoms with van der Waals surface area (Å²) in [5.41, 5.74) is 1.66. The fourth-order valence-corrected chi connectivity index (χ4v) is 3.74. The van der Waals surface area contributed by atoms with Crippen molar-refractivity contribution in [1.29, 1.82) is 0 Å². The van der Waals surface area contributed by atoms with Gasteiger partial charge in [-0.15, -0.1) is 0 Å². The number of aromatic nitrogens is 5. The van der Waals surface area contributed by atoms with Crippen LogP contribution in [0.4, 0.5) is 14.6 Å². The van der Waals surface area contributed by atoms with E-state index in [0.717, 1.165) is 6.20 Å². The predicted molar refractivity (Wildman–Crippen MR) is 119 cm³/mol. The molecule has 4 aromatic rings. The Bertz CT molecular complexity index is 1310. The minimum Gasteiger partial charge on any atom is -0.480 e. The minimum atomic E-state index is -1.10. The first-order valence-corrected chi connectivity index (χ1v) is 10.5. The first kappa shape index (κ1) is 23.0. The lowest BCUT2D eigenvalue weighted by atomic mass is 10.0. The number of anilines is 1. The van der Waals surface area contributed by atoms with Crippen molar-refractivity contribution >= 4 is 11.8 Å². The van der Waals surface area contributed by atoms with Gasteiger partial charge in [0.05, 0.1) is 18.4 Å². The zero-order valence-corrected chi connectivity index (χ0v) is 18.7. The van der Waals surface area contributed by atoms with E-state index in [1.807, 2.05) is 0 Å². The van der Waals surface area contributed by atoms with Crippen molar-refractivity contribution in [3.8, 4) is 22.9 Å². The third kappa shape index (κ3) is 4.49. The smallest absolute Gasteiger partial charge is 0.326 e. The van der Waals surface area contributed by atoms with Gasteiger partial charge in [-0.3, -0.25) is 4.68 Å². The Morgan fingerprint density at radius 1 is 1.18 bits per heavy atom. The van der Waals surface area contributed by atoms with Crippen molar-refractivity contribution in [3.63, 3.8) is 0 Å². The maximum Gasteiger partial charge on any atom is 0.326 e. The quantitative estimate of drug-likeness (QED) is 0.415. The normalized spacial score (nSPS) is 12.2. The summed E-state index contributed by atoms with van der Waals surface area (Å²) in [4.78, 5) is 21.3. The van der Waals surface area contributed by atoms with E-state index in [0.29, 0.717) is 17.0 Å². The highest BCUT2D eigenvalue weighted by Crippen LogP contribution is 2.27. The molecule has 3 heterocycles. The van der Waals surface area contributed by atoms with Gasteiger partial charge in [0, 0.05) is 18.7 Å². The van der Waals surface area contributed by atoms with E-state index >= 15 is 0 Å². The van der Waals surface area contributed by atoms with Crippen LogP contribution in [0.5, 0.6) is 0 Å². The van der Waals surface area contributed by atoms with Crippen LogP contribution in [0.15, 0.2) is 53.4 Å². The number of carboxylic acids is 1. The Labute approximate surface area is 193 Å². The second-order valence-electron chi connectivity index (χ2n) is 8.05. The van der Waals surface area contributed by atoms with E-state index in [1.54, 1.807) is 44.2 Å². The van der Waals surface area contributed by atoms with Crippen LogP contribution in [0.2, 0.25) is 0 Å². The van der Waals surface area contributed by atoms with Crippen LogP contribution in [0.25, 0.3) is 22.9 Å². The second kappa shape index (κ2) is 9.38. The number of likely N-dealkylation sites (N-methyl/N-ethyl adjacent to an activating group) is 1. The monoisotopic (exact) mass is 468 g/mol. The fourth-order valence-electron chi connectivity index (χ4n) is 3.74. The van der Waals surface area contributed by atoms with E-state index in [2.05, 4.69) is 20.2 Å². The Morgan fingerprint density at radius 3 is 2.59 bits per heavy atom. The minimum absolute atomic E-state index is 0.0770. The Kier molecular flexibility index (Phi) is 6.35. The molecular formula is C23H22F2N6O3. The third-order valence-electron chi connectivity index (χ3n) is 5.35. The van der Waals surface area contributed by atoms with E-state index in [4.69, 9.17) is 4.52 Å². The van der Waals surface area contributed by atoms with Gasteiger partial charge in [-0.2, -0.15) is 5.10 Å². The van der Waals surface area contributed by atoms with Crippen molar-refractivity contribution < 1.29 is 23.2 Å². The average Bonchev–Trinajstić information content (AvgIpc) is 3.45. The van der Waals surface area contributed by atoms with E-state index < -0.39 is 17.8 Å². The number of hydrogen-bond donors (Lipinski definition) is 1. The predicted octanol–water partition coefficient (Wildman–Crippen LogP) is 3.87. The Hall–Kier alpha value is -4.15. The number of hydrogen-bond acceptors (Lipinski definition) is 7. The Morgan fingerprint density at radius 2 is 1.94 bits per heavy atom. The molecule has 0 fully saturated rings. The molecule has 0 amide bonds. The highest BCUT2D eigenvalue weighted by atomic mass is 19.1. The molecule has 0 aliphatic carbocycles. The van der Waals surface area contributed by atoms with Gasteiger partial charge in [-0.25, -0.2) is 23.5 Å². The molecule has 3 aromatic heterocycles. The molecule has 0 unspecified atom stereocenters. The molecule has 1 aromatic carbocycles. The van der Waals surface area contributed by atoms with Crippen molar-refractivity contribution in [2.75, 3.05) is 11.9 Å². The summed E-state index contributed by atoms with van der Waals surface area (Å²) in [5, 5.41) is 18.0. The number of carboxylic acid groups (broad SMARTS) is 1. The van der Waals surface area contributed by atoms with Crippen molar-refractivity contribution in [2.24, 2.45) is 5.92 Å². The van der Waals surface area contributed by atoms with Crippen LogP contribution in [0, 0.1) is 17.6 Å². The van der Waals surface area contributed by atoms with Gasteiger partial charge in [0.1, 0.15) is 29.5 Å². The van der Waals surface area contributed by atoms with Crippen LogP contribution >= 0.6 is 0 Å². The molecule has 4 rings (SSSR count). The number of aliphatic carboxylic acids is 1. The van der Waals surface area contributed by atoms with Gasteiger partial charge in [0.2, 0.25) is 0 Å². The first-order chi connectivity index (χ1) is 16.3. The number of halogens is 2. The summed E-state index contributed by atoms with van der Waals surface area (Å²) in [6.07, 6.45) is 2.37. The van der Waals surface area contributed by atoms with Gasteiger partial charge >= 0.3 is 5.97 Å². The van der Waals surface area contributed by atoms with Gasteiger partial charge < -0.3 is 14.5 Å². The van der Waals surface area contributed by atoms with Crippen molar-refractivity contribution in [1.82, 2.24) is 24.9 Å². The molecule has 0 aliphatic rings. The molecule has 176 valence electrons. The summed E-state index contributed by atoms with van der Waals surface area (Å²) in [6, 6.07) is 8.57. The van der Waals surface area contributed by atoms with Crippen LogP contribution in [-0.2, 0) is 11.3 Å². The van der Waals surface area contributed by atoms with Gasteiger partial charge in [0.15, 0.2) is 17.5 Å². The largest absolute Gasteiger partial charge is 0.480 e. The van der Waals surface area contributed by atoms with Crippen molar-refractivity contribution in [3.05, 3.63) is 66.1 Å². The third-order valence-corrected chi connectivity index (χ3v) is 5.35. The Balaban J connectivity index is 1.77. The van der Waals surface area contributed by atoms with Crippen LogP contribution in [0.3, 0.4) is 0 Å². The summed E-state index contributed by atoms with van der Waals surface area (Å²) < 4.78 is 35.4. The highest BCUT2D eigenvalue weighted by molar-refractivity contribution is 5.78. The summed E-state index contributed by atoms with van der Waals surface area (Å²) >= 11 is 0. The number of nitrogens with zero attached hydrogens (tertiary/aromatic N) is 6.